The maximum Gasteiger partial charge on any atom is 0.250 e. The fourth-order valence-corrected chi connectivity index (χ4v) is 2.12. The molecule has 3 rings (SSSR count). The maximum absolute atomic E-state index is 11.9. The predicted octanol–water partition coefficient (Wildman–Crippen LogP) is 2.47. The molecule has 6 heteroatoms. The Labute approximate surface area is 127 Å². The molecule has 0 saturated carbocycles. The van der Waals surface area contributed by atoms with E-state index in [0.717, 1.165) is 17.0 Å². The van der Waals surface area contributed by atoms with Gasteiger partial charge < -0.3 is 9.47 Å². The molecule has 0 saturated heterocycles. The van der Waals surface area contributed by atoms with Crippen molar-refractivity contribution in [3.8, 4) is 11.5 Å². The second-order valence-electron chi connectivity index (χ2n) is 4.91. The number of ether oxygens (including phenoxy) is 2. The van der Waals surface area contributed by atoms with Gasteiger partial charge in [-0.2, -0.15) is 0 Å². The van der Waals surface area contributed by atoms with E-state index < -0.39 is 0 Å². The van der Waals surface area contributed by atoms with E-state index in [1.54, 1.807) is 6.08 Å². The second kappa shape index (κ2) is 5.85. The normalized spacial score (nSPS) is 12.6. The van der Waals surface area contributed by atoms with E-state index in [0.29, 0.717) is 17.4 Å². The van der Waals surface area contributed by atoms with Crippen molar-refractivity contribution in [3.05, 3.63) is 47.3 Å². The Morgan fingerprint density at radius 3 is 2.64 bits per heavy atom. The highest BCUT2D eigenvalue weighted by molar-refractivity contribution is 6.00. The van der Waals surface area contributed by atoms with Crippen LogP contribution in [0.3, 0.4) is 0 Å². The summed E-state index contributed by atoms with van der Waals surface area (Å²) in [6, 6.07) is 7.33. The zero-order valence-electron chi connectivity index (χ0n) is 12.3. The van der Waals surface area contributed by atoms with Crippen molar-refractivity contribution in [1.82, 2.24) is 9.97 Å². The van der Waals surface area contributed by atoms with Crippen molar-refractivity contribution in [1.29, 1.82) is 0 Å². The van der Waals surface area contributed by atoms with Crippen LogP contribution in [-0.4, -0.2) is 22.7 Å². The van der Waals surface area contributed by atoms with Gasteiger partial charge in [0.2, 0.25) is 12.7 Å². The van der Waals surface area contributed by atoms with E-state index in [1.807, 2.05) is 38.1 Å². The number of amides is 1. The van der Waals surface area contributed by atoms with Gasteiger partial charge in [-0.1, -0.05) is 6.07 Å². The average molecular weight is 297 g/mol. The van der Waals surface area contributed by atoms with E-state index in [2.05, 4.69) is 15.3 Å². The molecule has 0 radical (unpaired) electrons. The summed E-state index contributed by atoms with van der Waals surface area (Å²) in [7, 11) is 0. The Hall–Kier alpha value is -2.89. The molecule has 2 heterocycles. The highest BCUT2D eigenvalue weighted by Crippen LogP contribution is 2.32. The average Bonchev–Trinajstić information content (AvgIpc) is 2.91. The molecule has 0 aliphatic carbocycles. The van der Waals surface area contributed by atoms with Crippen molar-refractivity contribution in [3.63, 3.8) is 0 Å². The third-order valence-electron chi connectivity index (χ3n) is 3.04. The number of aromatic nitrogens is 2. The van der Waals surface area contributed by atoms with Crippen LogP contribution in [0.1, 0.15) is 17.0 Å². The van der Waals surface area contributed by atoms with E-state index in [9.17, 15) is 4.79 Å². The molecule has 0 atom stereocenters. The first-order valence-corrected chi connectivity index (χ1v) is 6.81. The summed E-state index contributed by atoms with van der Waals surface area (Å²) >= 11 is 0. The molecule has 0 bridgehead atoms. The molecule has 1 aliphatic heterocycles. The van der Waals surface area contributed by atoms with Gasteiger partial charge >= 0.3 is 0 Å². The van der Waals surface area contributed by atoms with Crippen LogP contribution in [0.25, 0.3) is 6.08 Å². The zero-order chi connectivity index (χ0) is 15.5. The fourth-order valence-electron chi connectivity index (χ4n) is 2.12. The van der Waals surface area contributed by atoms with Gasteiger partial charge in [-0.25, -0.2) is 9.97 Å². The summed E-state index contributed by atoms with van der Waals surface area (Å²) in [5.41, 5.74) is 2.46. The van der Waals surface area contributed by atoms with Gasteiger partial charge in [0.05, 0.1) is 0 Å². The first-order chi connectivity index (χ1) is 10.6. The van der Waals surface area contributed by atoms with Gasteiger partial charge in [0, 0.05) is 17.5 Å². The number of nitrogens with zero attached hydrogens (tertiary/aromatic N) is 2. The Morgan fingerprint density at radius 2 is 1.86 bits per heavy atom. The number of hydrogen-bond donors (Lipinski definition) is 1. The highest BCUT2D eigenvalue weighted by Gasteiger charge is 2.12. The van der Waals surface area contributed by atoms with Crippen LogP contribution in [0, 0.1) is 13.8 Å². The number of rotatable bonds is 3. The summed E-state index contributed by atoms with van der Waals surface area (Å²) in [6.07, 6.45) is 3.12. The Bertz CT molecular complexity index is 736. The molecular weight excluding hydrogens is 282 g/mol. The summed E-state index contributed by atoms with van der Waals surface area (Å²) < 4.78 is 10.5. The minimum atomic E-state index is -0.289. The molecule has 6 nitrogen and oxygen atoms in total. The number of benzene rings is 1. The van der Waals surface area contributed by atoms with Crippen LogP contribution in [0.15, 0.2) is 30.3 Å². The summed E-state index contributed by atoms with van der Waals surface area (Å²) in [5, 5.41) is 2.64. The van der Waals surface area contributed by atoms with Crippen molar-refractivity contribution >= 4 is 17.9 Å². The molecule has 0 unspecified atom stereocenters. The Balaban J connectivity index is 1.68. The number of carbonyl (C=O) groups excluding carboxylic acids is 1. The number of anilines is 1. The lowest BCUT2D eigenvalue weighted by molar-refractivity contribution is -0.111. The Morgan fingerprint density at radius 1 is 1.14 bits per heavy atom. The predicted molar refractivity (Wildman–Crippen MR) is 81.7 cm³/mol. The van der Waals surface area contributed by atoms with Crippen molar-refractivity contribution < 1.29 is 14.3 Å². The third kappa shape index (κ3) is 3.22. The quantitative estimate of drug-likeness (QED) is 0.881. The summed E-state index contributed by atoms with van der Waals surface area (Å²) in [5.74, 6) is 1.41. The number of aryl methyl sites for hydroxylation is 2. The zero-order valence-corrected chi connectivity index (χ0v) is 12.3. The topological polar surface area (TPSA) is 73.3 Å². The van der Waals surface area contributed by atoms with Crippen LogP contribution in [0.5, 0.6) is 11.5 Å². The minimum Gasteiger partial charge on any atom is -0.454 e. The maximum atomic E-state index is 11.9. The molecule has 0 spiro atoms. The van der Waals surface area contributed by atoms with Gasteiger partial charge in [-0.05, 0) is 43.7 Å². The number of carbonyl (C=O) groups is 1. The monoisotopic (exact) mass is 297 g/mol. The van der Waals surface area contributed by atoms with Crippen molar-refractivity contribution in [2.24, 2.45) is 0 Å². The third-order valence-corrected chi connectivity index (χ3v) is 3.04. The van der Waals surface area contributed by atoms with Crippen LogP contribution >= 0.6 is 0 Å². The first-order valence-electron chi connectivity index (χ1n) is 6.81. The van der Waals surface area contributed by atoms with E-state index >= 15 is 0 Å². The summed E-state index contributed by atoms with van der Waals surface area (Å²) in [4.78, 5) is 20.2. The lowest BCUT2D eigenvalue weighted by Crippen LogP contribution is -2.11. The lowest BCUT2D eigenvalue weighted by atomic mass is 10.2. The number of hydrogen-bond acceptors (Lipinski definition) is 5. The standard InChI is InChI=1S/C16H15N3O3/c1-10-7-11(2)18-16(17-10)19-15(20)6-4-12-3-5-13-14(8-12)22-9-21-13/h3-8H,9H2,1-2H3,(H,17,18,19,20). The molecule has 1 aromatic heterocycles. The largest absolute Gasteiger partial charge is 0.454 e. The molecule has 1 amide bonds. The van der Waals surface area contributed by atoms with Gasteiger partial charge in [-0.15, -0.1) is 0 Å². The fraction of sp³-hybridized carbons (Fsp3) is 0.188. The Kier molecular flexibility index (Phi) is 3.74. The van der Waals surface area contributed by atoms with Gasteiger partial charge in [0.25, 0.3) is 5.91 Å². The van der Waals surface area contributed by atoms with E-state index in [4.69, 9.17) is 9.47 Å². The van der Waals surface area contributed by atoms with Crippen LogP contribution < -0.4 is 14.8 Å². The van der Waals surface area contributed by atoms with E-state index in [-0.39, 0.29) is 12.7 Å². The molecule has 1 aromatic carbocycles. The molecule has 1 N–H and O–H groups in total. The smallest absolute Gasteiger partial charge is 0.250 e. The summed E-state index contributed by atoms with van der Waals surface area (Å²) in [6.45, 7) is 3.94. The van der Waals surface area contributed by atoms with Crippen LogP contribution in [0.4, 0.5) is 5.95 Å². The van der Waals surface area contributed by atoms with Crippen LogP contribution in [-0.2, 0) is 4.79 Å². The number of nitrogens with one attached hydrogen (secondary N) is 1. The van der Waals surface area contributed by atoms with E-state index in [1.165, 1.54) is 6.08 Å². The van der Waals surface area contributed by atoms with Gasteiger partial charge in [-0.3, -0.25) is 10.1 Å². The van der Waals surface area contributed by atoms with Crippen molar-refractivity contribution in [2.75, 3.05) is 12.1 Å². The van der Waals surface area contributed by atoms with Crippen LogP contribution in [0.2, 0.25) is 0 Å². The lowest BCUT2D eigenvalue weighted by Gasteiger charge is -2.03. The molecule has 1 aliphatic rings. The molecule has 2 aromatic rings. The molecule has 22 heavy (non-hydrogen) atoms. The van der Waals surface area contributed by atoms with Gasteiger partial charge in [0.15, 0.2) is 11.5 Å². The molecular formula is C16H15N3O3. The highest BCUT2D eigenvalue weighted by atomic mass is 16.7. The molecule has 112 valence electrons. The minimum absolute atomic E-state index is 0.229. The van der Waals surface area contributed by atoms with Crippen molar-refractivity contribution in [2.45, 2.75) is 13.8 Å². The SMILES string of the molecule is Cc1cc(C)nc(NC(=O)C=Cc2ccc3c(c2)OCO3)n1. The second-order valence-corrected chi connectivity index (χ2v) is 4.91. The first kappa shape index (κ1) is 14.1. The van der Waals surface area contributed by atoms with Gasteiger partial charge in [0.1, 0.15) is 0 Å². The number of fused-ring (bicyclic) bond motifs is 1. The molecule has 0 fully saturated rings.